The molecule has 0 amide bonds. The van der Waals surface area contributed by atoms with Crippen molar-refractivity contribution < 1.29 is 4.42 Å². The molecule has 1 N–H and O–H groups in total. The molecular weight excluding hydrogens is 224 g/mol. The number of nitrogens with one attached hydrogen (secondary N) is 1. The van der Waals surface area contributed by atoms with E-state index in [0.717, 1.165) is 24.9 Å². The minimum atomic E-state index is 0.762. The zero-order chi connectivity index (χ0) is 12.5. The molecule has 18 heavy (non-hydrogen) atoms. The summed E-state index contributed by atoms with van der Waals surface area (Å²) >= 11 is 0. The standard InChI is InChI=1S/C15H20N2O/c1-11-8-13(9-16-14-5-6-14)12(2)17(11)10-15-4-3-7-18-15/h3-4,7-8,14,16H,5-6,9-10H2,1-2H3. The number of aryl methyl sites for hydroxylation is 1. The van der Waals surface area contributed by atoms with Crippen LogP contribution in [0.25, 0.3) is 0 Å². The minimum Gasteiger partial charge on any atom is -0.467 e. The lowest BCUT2D eigenvalue weighted by Gasteiger charge is -2.08. The summed E-state index contributed by atoms with van der Waals surface area (Å²) in [4.78, 5) is 0. The monoisotopic (exact) mass is 244 g/mol. The Morgan fingerprint density at radius 2 is 2.22 bits per heavy atom. The zero-order valence-corrected chi connectivity index (χ0v) is 11.1. The van der Waals surface area contributed by atoms with E-state index in [-0.39, 0.29) is 0 Å². The summed E-state index contributed by atoms with van der Waals surface area (Å²) in [7, 11) is 0. The molecule has 2 heterocycles. The van der Waals surface area contributed by atoms with Gasteiger partial charge in [-0.05, 0) is 50.5 Å². The molecule has 3 nitrogen and oxygen atoms in total. The molecule has 0 radical (unpaired) electrons. The summed E-state index contributed by atoms with van der Waals surface area (Å²) in [5.41, 5.74) is 4.06. The summed E-state index contributed by atoms with van der Waals surface area (Å²) in [5, 5.41) is 3.58. The third-order valence-electron chi connectivity index (χ3n) is 3.73. The zero-order valence-electron chi connectivity index (χ0n) is 11.1. The number of nitrogens with zero attached hydrogens (tertiary/aromatic N) is 1. The van der Waals surface area contributed by atoms with E-state index < -0.39 is 0 Å². The highest BCUT2D eigenvalue weighted by Gasteiger charge is 2.21. The normalized spacial score (nSPS) is 15.2. The SMILES string of the molecule is Cc1cc(CNC2CC2)c(C)n1Cc1ccco1. The molecule has 0 aromatic carbocycles. The van der Waals surface area contributed by atoms with Crippen molar-refractivity contribution in [3.8, 4) is 0 Å². The Kier molecular flexibility index (Phi) is 3.00. The van der Waals surface area contributed by atoms with Crippen molar-refractivity contribution >= 4 is 0 Å². The molecule has 0 unspecified atom stereocenters. The third kappa shape index (κ3) is 2.36. The second-order valence-electron chi connectivity index (χ2n) is 5.22. The first-order chi connectivity index (χ1) is 8.74. The van der Waals surface area contributed by atoms with Gasteiger partial charge in [0.2, 0.25) is 0 Å². The second-order valence-corrected chi connectivity index (χ2v) is 5.22. The third-order valence-corrected chi connectivity index (χ3v) is 3.73. The maximum atomic E-state index is 5.43. The van der Waals surface area contributed by atoms with Gasteiger partial charge in [0.25, 0.3) is 0 Å². The second kappa shape index (κ2) is 4.65. The fourth-order valence-corrected chi connectivity index (χ4v) is 2.39. The van der Waals surface area contributed by atoms with Crippen LogP contribution in [-0.2, 0) is 13.1 Å². The predicted octanol–water partition coefficient (Wildman–Crippen LogP) is 3.00. The summed E-state index contributed by atoms with van der Waals surface area (Å²) < 4.78 is 7.75. The van der Waals surface area contributed by atoms with E-state index in [9.17, 15) is 0 Å². The molecule has 96 valence electrons. The molecule has 2 aromatic rings. The average molecular weight is 244 g/mol. The van der Waals surface area contributed by atoms with Crippen LogP contribution in [0.1, 0.15) is 35.6 Å². The van der Waals surface area contributed by atoms with E-state index in [0.29, 0.717) is 0 Å². The van der Waals surface area contributed by atoms with Crippen LogP contribution < -0.4 is 5.32 Å². The lowest BCUT2D eigenvalue weighted by Crippen LogP contribution is -2.15. The van der Waals surface area contributed by atoms with E-state index in [1.54, 1.807) is 6.26 Å². The van der Waals surface area contributed by atoms with Gasteiger partial charge in [-0.2, -0.15) is 0 Å². The largest absolute Gasteiger partial charge is 0.467 e. The molecule has 0 spiro atoms. The summed E-state index contributed by atoms with van der Waals surface area (Å²) in [5.74, 6) is 1.01. The molecule has 0 saturated heterocycles. The van der Waals surface area contributed by atoms with E-state index in [4.69, 9.17) is 4.42 Å². The lowest BCUT2D eigenvalue weighted by atomic mass is 10.2. The Labute approximate surface area is 108 Å². The first-order valence-corrected chi connectivity index (χ1v) is 6.65. The van der Waals surface area contributed by atoms with E-state index in [2.05, 4.69) is 29.8 Å². The van der Waals surface area contributed by atoms with Crippen LogP contribution in [0, 0.1) is 13.8 Å². The van der Waals surface area contributed by atoms with Crippen LogP contribution in [0.2, 0.25) is 0 Å². The molecule has 0 atom stereocenters. The number of aromatic nitrogens is 1. The highest BCUT2D eigenvalue weighted by Crippen LogP contribution is 2.21. The van der Waals surface area contributed by atoms with Crippen LogP contribution in [0.5, 0.6) is 0 Å². The van der Waals surface area contributed by atoms with Crippen molar-refractivity contribution in [2.24, 2.45) is 0 Å². The Morgan fingerprint density at radius 3 is 2.89 bits per heavy atom. The average Bonchev–Trinajstić information content (AvgIpc) is 2.97. The minimum absolute atomic E-state index is 0.762. The lowest BCUT2D eigenvalue weighted by molar-refractivity contribution is 0.489. The molecule has 2 aromatic heterocycles. The first kappa shape index (κ1) is 11.6. The molecule has 1 aliphatic carbocycles. The number of furan rings is 1. The van der Waals surface area contributed by atoms with Crippen molar-refractivity contribution in [3.63, 3.8) is 0 Å². The van der Waals surface area contributed by atoms with Crippen molar-refractivity contribution in [2.75, 3.05) is 0 Å². The van der Waals surface area contributed by atoms with E-state index in [1.165, 1.54) is 29.8 Å². The molecule has 0 bridgehead atoms. The Hall–Kier alpha value is -1.48. The van der Waals surface area contributed by atoms with E-state index >= 15 is 0 Å². The first-order valence-electron chi connectivity index (χ1n) is 6.65. The topological polar surface area (TPSA) is 30.1 Å². The molecule has 1 saturated carbocycles. The Balaban J connectivity index is 1.76. The maximum Gasteiger partial charge on any atom is 0.123 e. The highest BCUT2D eigenvalue weighted by molar-refractivity contribution is 5.27. The van der Waals surface area contributed by atoms with Gasteiger partial charge in [-0.1, -0.05) is 0 Å². The predicted molar refractivity (Wildman–Crippen MR) is 71.6 cm³/mol. The fourth-order valence-electron chi connectivity index (χ4n) is 2.39. The van der Waals surface area contributed by atoms with E-state index in [1.807, 2.05) is 12.1 Å². The van der Waals surface area contributed by atoms with Gasteiger partial charge in [0.15, 0.2) is 0 Å². The summed E-state index contributed by atoms with van der Waals surface area (Å²) in [6.07, 6.45) is 4.41. The van der Waals surface area contributed by atoms with Crippen LogP contribution in [0.15, 0.2) is 28.9 Å². The van der Waals surface area contributed by atoms with Gasteiger partial charge >= 0.3 is 0 Å². The van der Waals surface area contributed by atoms with Crippen LogP contribution in [0.4, 0.5) is 0 Å². The van der Waals surface area contributed by atoms with Gasteiger partial charge < -0.3 is 14.3 Å². The van der Waals surface area contributed by atoms with Crippen molar-refractivity contribution in [3.05, 3.63) is 47.2 Å². The smallest absolute Gasteiger partial charge is 0.123 e. The summed E-state index contributed by atoms with van der Waals surface area (Å²) in [6, 6.07) is 7.02. The molecule has 1 fully saturated rings. The van der Waals surface area contributed by atoms with Gasteiger partial charge in [-0.3, -0.25) is 0 Å². The molecule has 3 heteroatoms. The maximum absolute atomic E-state index is 5.43. The quantitative estimate of drug-likeness (QED) is 0.876. The van der Waals surface area contributed by atoms with Crippen LogP contribution in [-0.4, -0.2) is 10.6 Å². The van der Waals surface area contributed by atoms with Crippen molar-refractivity contribution in [1.29, 1.82) is 0 Å². The molecule has 3 rings (SSSR count). The Bertz CT molecular complexity index is 521. The fraction of sp³-hybridized carbons (Fsp3) is 0.467. The molecule has 1 aliphatic rings. The highest BCUT2D eigenvalue weighted by atomic mass is 16.3. The molecule has 0 aliphatic heterocycles. The van der Waals surface area contributed by atoms with Gasteiger partial charge in [0.1, 0.15) is 5.76 Å². The van der Waals surface area contributed by atoms with Gasteiger partial charge in [0, 0.05) is 24.0 Å². The molecular formula is C15H20N2O. The van der Waals surface area contributed by atoms with Gasteiger partial charge in [-0.25, -0.2) is 0 Å². The van der Waals surface area contributed by atoms with Crippen molar-refractivity contribution in [1.82, 2.24) is 9.88 Å². The van der Waals surface area contributed by atoms with Crippen LogP contribution in [0.3, 0.4) is 0 Å². The van der Waals surface area contributed by atoms with Gasteiger partial charge in [0.05, 0.1) is 12.8 Å². The van der Waals surface area contributed by atoms with Crippen molar-refractivity contribution in [2.45, 2.75) is 45.8 Å². The number of hydrogen-bond acceptors (Lipinski definition) is 2. The Morgan fingerprint density at radius 1 is 1.39 bits per heavy atom. The number of hydrogen-bond donors (Lipinski definition) is 1. The van der Waals surface area contributed by atoms with Gasteiger partial charge in [-0.15, -0.1) is 0 Å². The number of rotatable bonds is 5. The van der Waals surface area contributed by atoms with Crippen LogP contribution >= 0.6 is 0 Å². The summed E-state index contributed by atoms with van der Waals surface area (Å²) in [6.45, 7) is 6.17.